The summed E-state index contributed by atoms with van der Waals surface area (Å²) in [4.78, 5) is 23.3. The van der Waals surface area contributed by atoms with Gasteiger partial charge in [0.2, 0.25) is 0 Å². The lowest BCUT2D eigenvalue weighted by Crippen LogP contribution is -2.32. The Hall–Kier alpha value is -3.46. The largest absolute Gasteiger partial charge is 0.478 e. The van der Waals surface area contributed by atoms with Crippen molar-refractivity contribution >= 4 is 28.7 Å². The minimum absolute atomic E-state index is 0.0702. The van der Waals surface area contributed by atoms with Gasteiger partial charge in [-0.15, -0.1) is 0 Å². The highest BCUT2D eigenvalue weighted by Crippen LogP contribution is 2.33. The van der Waals surface area contributed by atoms with E-state index < -0.39 is 5.97 Å². The summed E-state index contributed by atoms with van der Waals surface area (Å²) in [6, 6.07) is 16.7. The van der Waals surface area contributed by atoms with Crippen molar-refractivity contribution in [1.82, 2.24) is 15.0 Å². The molecule has 2 aromatic carbocycles. The molecule has 0 bridgehead atoms. The minimum Gasteiger partial charge on any atom is -0.478 e. The lowest BCUT2D eigenvalue weighted by atomic mass is 10.0. The number of pyridine rings is 1. The van der Waals surface area contributed by atoms with E-state index >= 15 is 0 Å². The monoisotopic (exact) mass is 477 g/mol. The smallest absolute Gasteiger partial charge is 0.335 e. The fraction of sp³-hybridized carbons (Fsp3) is 0.240. The number of rotatable bonds is 5. The summed E-state index contributed by atoms with van der Waals surface area (Å²) in [5.41, 5.74) is 4.78. The number of aromatic amines is 1. The number of nitrogens with one attached hydrogen (secondary N) is 1. The fourth-order valence-corrected chi connectivity index (χ4v) is 4.71. The van der Waals surface area contributed by atoms with Crippen LogP contribution in [0.5, 0.6) is 6.01 Å². The van der Waals surface area contributed by atoms with Crippen molar-refractivity contribution in [3.05, 3.63) is 65.2 Å². The van der Waals surface area contributed by atoms with Crippen LogP contribution < -0.4 is 4.74 Å². The molecule has 0 saturated carbocycles. The van der Waals surface area contributed by atoms with Crippen LogP contribution >= 0.6 is 11.6 Å². The third-order valence-corrected chi connectivity index (χ3v) is 6.50. The van der Waals surface area contributed by atoms with Crippen molar-refractivity contribution in [3.8, 4) is 28.4 Å². The SMILES string of the molecule is O=C(O)c1ccc(-c2ccc(-c3nc4nc(OC5CO[C@@H]6CCO[C@H]56)[nH]c4cc3Cl)cc2)cc1. The second-order valence-electron chi connectivity index (χ2n) is 8.34. The van der Waals surface area contributed by atoms with E-state index in [1.165, 1.54) is 0 Å². The topological polar surface area (TPSA) is 107 Å². The standard InChI is InChI=1S/C25H20ClN3O5/c26-17-11-18-23(29-25(27-18)34-20-12-33-19-9-10-32-22(19)20)28-21(17)15-5-1-13(2-6-15)14-3-7-16(8-4-14)24(30)31/h1-8,11,19-20,22H,9-10,12H2,(H,30,31)(H,27,28,29)/t19-,20?,22+/m1/s1. The molecule has 4 aromatic rings. The lowest BCUT2D eigenvalue weighted by Gasteiger charge is -2.15. The fourth-order valence-electron chi connectivity index (χ4n) is 4.45. The zero-order valence-corrected chi connectivity index (χ0v) is 18.7. The summed E-state index contributed by atoms with van der Waals surface area (Å²) in [7, 11) is 0. The second kappa shape index (κ2) is 8.39. The summed E-state index contributed by atoms with van der Waals surface area (Å²) in [5, 5.41) is 9.56. The van der Waals surface area contributed by atoms with Crippen molar-refractivity contribution in [1.29, 1.82) is 0 Å². The van der Waals surface area contributed by atoms with Gasteiger partial charge in [-0.05, 0) is 35.7 Å². The van der Waals surface area contributed by atoms with Crippen LogP contribution in [-0.2, 0) is 9.47 Å². The predicted molar refractivity (Wildman–Crippen MR) is 125 cm³/mol. The van der Waals surface area contributed by atoms with Gasteiger partial charge < -0.3 is 24.3 Å². The molecule has 2 N–H and O–H groups in total. The predicted octanol–water partition coefficient (Wildman–Crippen LogP) is 4.58. The number of nitrogens with zero attached hydrogens (tertiary/aromatic N) is 2. The first-order chi connectivity index (χ1) is 16.5. The van der Waals surface area contributed by atoms with E-state index in [4.69, 9.17) is 30.9 Å². The van der Waals surface area contributed by atoms with Gasteiger partial charge in [-0.25, -0.2) is 9.78 Å². The van der Waals surface area contributed by atoms with Gasteiger partial charge >= 0.3 is 5.97 Å². The molecule has 1 unspecified atom stereocenters. The minimum atomic E-state index is -0.947. The number of hydrogen-bond acceptors (Lipinski definition) is 6. The molecule has 2 aliphatic heterocycles. The Bertz CT molecular complexity index is 1370. The molecule has 34 heavy (non-hydrogen) atoms. The first-order valence-electron chi connectivity index (χ1n) is 11.0. The van der Waals surface area contributed by atoms with Crippen LogP contribution in [0.4, 0.5) is 0 Å². The summed E-state index contributed by atoms with van der Waals surface area (Å²) in [5.74, 6) is -0.947. The van der Waals surface area contributed by atoms with Gasteiger partial charge in [-0.2, -0.15) is 4.98 Å². The van der Waals surface area contributed by atoms with Gasteiger partial charge in [0.1, 0.15) is 6.10 Å². The average molecular weight is 478 g/mol. The van der Waals surface area contributed by atoms with Crippen molar-refractivity contribution in [2.45, 2.75) is 24.7 Å². The molecule has 8 nitrogen and oxygen atoms in total. The summed E-state index contributed by atoms with van der Waals surface area (Å²) >= 11 is 6.55. The number of fused-ring (bicyclic) bond motifs is 2. The Labute approximate surface area is 199 Å². The maximum atomic E-state index is 11.1. The molecule has 2 saturated heterocycles. The lowest BCUT2D eigenvalue weighted by molar-refractivity contribution is 0.0273. The van der Waals surface area contributed by atoms with Crippen LogP contribution in [0, 0.1) is 0 Å². The number of imidazole rings is 1. The molecule has 0 spiro atoms. The van der Waals surface area contributed by atoms with Gasteiger partial charge in [-0.3, -0.25) is 0 Å². The molecule has 6 rings (SSSR count). The normalized spacial score (nSPS) is 21.6. The number of H-pyrrole nitrogens is 1. The van der Waals surface area contributed by atoms with Crippen LogP contribution in [0.15, 0.2) is 54.6 Å². The van der Waals surface area contributed by atoms with E-state index in [1.54, 1.807) is 30.3 Å². The van der Waals surface area contributed by atoms with Gasteiger partial charge in [-0.1, -0.05) is 48.0 Å². The van der Waals surface area contributed by atoms with Gasteiger partial charge in [0.25, 0.3) is 6.01 Å². The van der Waals surface area contributed by atoms with Crippen molar-refractivity contribution in [3.63, 3.8) is 0 Å². The van der Waals surface area contributed by atoms with Crippen LogP contribution in [0.2, 0.25) is 5.02 Å². The van der Waals surface area contributed by atoms with Gasteiger partial charge in [0.05, 0.1) is 34.5 Å². The molecule has 0 amide bonds. The zero-order chi connectivity index (χ0) is 23.2. The first kappa shape index (κ1) is 21.1. The molecular formula is C25H20ClN3O5. The van der Waals surface area contributed by atoms with Crippen molar-refractivity contribution < 1.29 is 24.1 Å². The quantitative estimate of drug-likeness (QED) is 0.433. The molecular weight excluding hydrogens is 458 g/mol. The second-order valence-corrected chi connectivity index (χ2v) is 8.75. The number of carboxylic acid groups (broad SMARTS) is 1. The summed E-state index contributed by atoms with van der Waals surface area (Å²) < 4.78 is 17.5. The van der Waals surface area contributed by atoms with E-state index in [1.807, 2.05) is 24.3 Å². The van der Waals surface area contributed by atoms with Crippen molar-refractivity contribution in [2.24, 2.45) is 0 Å². The Morgan fingerprint density at radius 2 is 1.74 bits per heavy atom. The van der Waals surface area contributed by atoms with Gasteiger partial charge in [0.15, 0.2) is 11.8 Å². The maximum absolute atomic E-state index is 11.1. The molecule has 0 aliphatic carbocycles. The van der Waals surface area contributed by atoms with Crippen molar-refractivity contribution in [2.75, 3.05) is 13.2 Å². The number of carboxylic acids is 1. The Morgan fingerprint density at radius 3 is 2.47 bits per heavy atom. The number of halogens is 1. The third kappa shape index (κ3) is 3.79. The maximum Gasteiger partial charge on any atom is 0.335 e. The number of carbonyl (C=O) groups is 1. The van der Waals surface area contributed by atoms with E-state index in [2.05, 4.69) is 15.0 Å². The Balaban J connectivity index is 1.24. The van der Waals surface area contributed by atoms with Crippen LogP contribution in [0.1, 0.15) is 16.8 Å². The van der Waals surface area contributed by atoms with E-state index in [0.29, 0.717) is 41.1 Å². The Kier molecular flexibility index (Phi) is 5.21. The van der Waals surface area contributed by atoms with E-state index in [0.717, 1.165) is 23.1 Å². The molecule has 0 radical (unpaired) electrons. The zero-order valence-electron chi connectivity index (χ0n) is 17.9. The molecule has 2 fully saturated rings. The van der Waals surface area contributed by atoms with Crippen LogP contribution in [0.25, 0.3) is 33.5 Å². The average Bonchev–Trinajstić information content (AvgIpc) is 3.56. The molecule has 2 aromatic heterocycles. The number of benzene rings is 2. The Morgan fingerprint density at radius 1 is 1.03 bits per heavy atom. The van der Waals surface area contributed by atoms with E-state index in [9.17, 15) is 4.79 Å². The molecule has 9 heteroatoms. The van der Waals surface area contributed by atoms with E-state index in [-0.39, 0.29) is 23.9 Å². The van der Waals surface area contributed by atoms with Crippen LogP contribution in [0.3, 0.4) is 0 Å². The molecule has 3 atom stereocenters. The molecule has 172 valence electrons. The first-order valence-corrected chi connectivity index (χ1v) is 11.3. The van der Waals surface area contributed by atoms with Gasteiger partial charge in [0, 0.05) is 12.2 Å². The summed E-state index contributed by atoms with van der Waals surface area (Å²) in [6.07, 6.45) is 0.698. The molecule has 4 heterocycles. The highest BCUT2D eigenvalue weighted by atomic mass is 35.5. The number of aromatic nitrogens is 3. The molecule has 2 aliphatic rings. The van der Waals surface area contributed by atoms with Crippen LogP contribution in [-0.4, -0.2) is 57.6 Å². The highest BCUT2D eigenvalue weighted by molar-refractivity contribution is 6.33. The highest BCUT2D eigenvalue weighted by Gasteiger charge is 2.43. The number of hydrogen-bond donors (Lipinski definition) is 2. The third-order valence-electron chi connectivity index (χ3n) is 6.21. The summed E-state index contributed by atoms with van der Waals surface area (Å²) in [6.45, 7) is 1.15. The number of aromatic carboxylic acids is 1. The number of ether oxygens (including phenoxy) is 3.